The highest BCUT2D eigenvalue weighted by Crippen LogP contribution is 2.23. The summed E-state index contributed by atoms with van der Waals surface area (Å²) in [5.74, 6) is -0.900. The number of carboxylic acids is 1. The Hall–Kier alpha value is -2.02. The third-order valence-electron chi connectivity index (χ3n) is 2.51. The van der Waals surface area contributed by atoms with Gasteiger partial charge in [-0.05, 0) is 38.5 Å². The summed E-state index contributed by atoms with van der Waals surface area (Å²) < 4.78 is 0. The summed E-state index contributed by atoms with van der Waals surface area (Å²) in [7, 11) is 0. The summed E-state index contributed by atoms with van der Waals surface area (Å²) in [6.07, 6.45) is 0. The molecular weight excluding hydrogens is 216 g/mol. The highest BCUT2D eigenvalue weighted by molar-refractivity contribution is 5.75. The standard InChI is InChI=1S/C13H16N2O2/c1-9(2)15(8-13(16)17)12-5-4-10(3)6-11(12)7-14/h4-6,9H,8H2,1-3H3,(H,16,17). The van der Waals surface area contributed by atoms with Crippen molar-refractivity contribution in [2.75, 3.05) is 11.4 Å². The van der Waals surface area contributed by atoms with E-state index in [2.05, 4.69) is 6.07 Å². The predicted octanol–water partition coefficient (Wildman–Crippen LogP) is 2.17. The molecular formula is C13H16N2O2. The number of carboxylic acid groups (broad SMARTS) is 1. The molecule has 0 aliphatic rings. The fourth-order valence-electron chi connectivity index (χ4n) is 1.68. The molecule has 0 unspecified atom stereocenters. The number of hydrogen-bond acceptors (Lipinski definition) is 3. The molecule has 0 heterocycles. The maximum atomic E-state index is 10.8. The summed E-state index contributed by atoms with van der Waals surface area (Å²) in [6, 6.07) is 7.59. The first-order valence-corrected chi connectivity index (χ1v) is 5.45. The summed E-state index contributed by atoms with van der Waals surface area (Å²) in [5.41, 5.74) is 2.18. The second-order valence-corrected chi connectivity index (χ2v) is 4.25. The van der Waals surface area contributed by atoms with Crippen molar-refractivity contribution in [3.05, 3.63) is 29.3 Å². The fourth-order valence-corrected chi connectivity index (χ4v) is 1.68. The molecule has 0 radical (unpaired) electrons. The van der Waals surface area contributed by atoms with Gasteiger partial charge in [-0.15, -0.1) is 0 Å². The number of carbonyl (C=O) groups is 1. The van der Waals surface area contributed by atoms with E-state index in [9.17, 15) is 4.79 Å². The summed E-state index contributed by atoms with van der Waals surface area (Å²) in [4.78, 5) is 12.5. The monoisotopic (exact) mass is 232 g/mol. The Morgan fingerprint density at radius 1 is 1.53 bits per heavy atom. The number of hydrogen-bond donors (Lipinski definition) is 1. The van der Waals surface area contributed by atoms with E-state index < -0.39 is 5.97 Å². The smallest absolute Gasteiger partial charge is 0.323 e. The third kappa shape index (κ3) is 3.22. The Morgan fingerprint density at radius 3 is 2.65 bits per heavy atom. The molecule has 1 aromatic rings. The van der Waals surface area contributed by atoms with E-state index in [4.69, 9.17) is 10.4 Å². The van der Waals surface area contributed by atoms with E-state index in [0.717, 1.165) is 5.56 Å². The van der Waals surface area contributed by atoms with Crippen LogP contribution in [0.4, 0.5) is 5.69 Å². The van der Waals surface area contributed by atoms with Crippen LogP contribution >= 0.6 is 0 Å². The summed E-state index contributed by atoms with van der Waals surface area (Å²) in [5, 5.41) is 18.0. The molecule has 0 atom stereocenters. The Morgan fingerprint density at radius 2 is 2.18 bits per heavy atom. The quantitative estimate of drug-likeness (QED) is 0.864. The lowest BCUT2D eigenvalue weighted by atomic mass is 10.1. The molecule has 4 heteroatoms. The molecule has 0 aliphatic carbocycles. The molecule has 0 bridgehead atoms. The lowest BCUT2D eigenvalue weighted by Gasteiger charge is -2.28. The van der Waals surface area contributed by atoms with Gasteiger partial charge in [-0.25, -0.2) is 0 Å². The van der Waals surface area contributed by atoms with Crippen LogP contribution in [0.1, 0.15) is 25.0 Å². The lowest BCUT2D eigenvalue weighted by molar-refractivity contribution is -0.135. The molecule has 0 amide bonds. The van der Waals surface area contributed by atoms with E-state index in [0.29, 0.717) is 11.3 Å². The van der Waals surface area contributed by atoms with Crippen molar-refractivity contribution in [2.45, 2.75) is 26.8 Å². The first-order valence-electron chi connectivity index (χ1n) is 5.45. The maximum Gasteiger partial charge on any atom is 0.323 e. The van der Waals surface area contributed by atoms with Gasteiger partial charge in [0.2, 0.25) is 0 Å². The molecule has 1 N–H and O–H groups in total. The number of nitrogens with zero attached hydrogens (tertiary/aromatic N) is 2. The largest absolute Gasteiger partial charge is 0.480 e. The molecule has 90 valence electrons. The van der Waals surface area contributed by atoms with E-state index in [1.165, 1.54) is 0 Å². The fraction of sp³-hybridized carbons (Fsp3) is 0.385. The van der Waals surface area contributed by atoms with Gasteiger partial charge >= 0.3 is 5.97 Å². The summed E-state index contributed by atoms with van der Waals surface area (Å²) in [6.45, 7) is 5.62. The van der Waals surface area contributed by atoms with Crippen LogP contribution in [0, 0.1) is 18.3 Å². The molecule has 17 heavy (non-hydrogen) atoms. The average molecular weight is 232 g/mol. The average Bonchev–Trinajstić information content (AvgIpc) is 2.25. The van der Waals surface area contributed by atoms with Crippen molar-refractivity contribution in [1.82, 2.24) is 0 Å². The van der Waals surface area contributed by atoms with Crippen molar-refractivity contribution < 1.29 is 9.90 Å². The van der Waals surface area contributed by atoms with Crippen LogP contribution in [0.3, 0.4) is 0 Å². The second-order valence-electron chi connectivity index (χ2n) is 4.25. The van der Waals surface area contributed by atoms with E-state index in [1.807, 2.05) is 26.8 Å². The zero-order valence-electron chi connectivity index (χ0n) is 10.3. The highest BCUT2D eigenvalue weighted by Gasteiger charge is 2.17. The first kappa shape index (κ1) is 13.0. The van der Waals surface area contributed by atoms with Crippen LogP contribution in [0.15, 0.2) is 18.2 Å². The van der Waals surface area contributed by atoms with E-state index in [-0.39, 0.29) is 12.6 Å². The van der Waals surface area contributed by atoms with E-state index >= 15 is 0 Å². The van der Waals surface area contributed by atoms with Gasteiger partial charge in [-0.2, -0.15) is 5.26 Å². The van der Waals surface area contributed by atoms with Gasteiger partial charge in [0.15, 0.2) is 0 Å². The van der Waals surface area contributed by atoms with Crippen molar-refractivity contribution >= 4 is 11.7 Å². The predicted molar refractivity (Wildman–Crippen MR) is 66.0 cm³/mol. The van der Waals surface area contributed by atoms with Crippen molar-refractivity contribution in [2.24, 2.45) is 0 Å². The SMILES string of the molecule is Cc1ccc(N(CC(=O)O)C(C)C)c(C#N)c1. The van der Waals surface area contributed by atoms with Crippen LogP contribution in [0.25, 0.3) is 0 Å². The van der Waals surface area contributed by atoms with Crippen LogP contribution in [0.2, 0.25) is 0 Å². The first-order chi connectivity index (χ1) is 7.95. The Balaban J connectivity index is 3.19. The zero-order valence-corrected chi connectivity index (χ0v) is 10.3. The molecule has 4 nitrogen and oxygen atoms in total. The van der Waals surface area contributed by atoms with Gasteiger partial charge in [0, 0.05) is 6.04 Å². The van der Waals surface area contributed by atoms with E-state index in [1.54, 1.807) is 17.0 Å². The minimum Gasteiger partial charge on any atom is -0.480 e. The minimum absolute atomic E-state index is 0.0286. The van der Waals surface area contributed by atoms with Gasteiger partial charge in [0.1, 0.15) is 12.6 Å². The maximum absolute atomic E-state index is 10.8. The van der Waals surface area contributed by atoms with Crippen LogP contribution in [-0.2, 0) is 4.79 Å². The molecule has 0 fully saturated rings. The van der Waals surface area contributed by atoms with Gasteiger partial charge in [0.05, 0.1) is 11.3 Å². The Labute approximate surface area is 101 Å². The van der Waals surface area contributed by atoms with Crippen molar-refractivity contribution in [3.63, 3.8) is 0 Å². The third-order valence-corrected chi connectivity index (χ3v) is 2.51. The number of nitriles is 1. The highest BCUT2D eigenvalue weighted by atomic mass is 16.4. The topological polar surface area (TPSA) is 64.3 Å². The van der Waals surface area contributed by atoms with Crippen LogP contribution < -0.4 is 4.90 Å². The van der Waals surface area contributed by atoms with Gasteiger partial charge in [-0.1, -0.05) is 6.07 Å². The number of aryl methyl sites for hydroxylation is 1. The number of aliphatic carboxylic acids is 1. The van der Waals surface area contributed by atoms with Crippen LogP contribution in [-0.4, -0.2) is 23.7 Å². The summed E-state index contributed by atoms with van der Waals surface area (Å²) >= 11 is 0. The second kappa shape index (κ2) is 5.35. The van der Waals surface area contributed by atoms with Gasteiger partial charge in [-0.3, -0.25) is 4.79 Å². The van der Waals surface area contributed by atoms with Crippen molar-refractivity contribution in [1.29, 1.82) is 5.26 Å². The molecule has 1 aromatic carbocycles. The molecule has 0 aromatic heterocycles. The Bertz CT molecular complexity index is 461. The Kier molecular flexibility index (Phi) is 4.11. The number of benzene rings is 1. The lowest BCUT2D eigenvalue weighted by Crippen LogP contribution is -2.36. The number of anilines is 1. The van der Waals surface area contributed by atoms with Crippen molar-refractivity contribution in [3.8, 4) is 6.07 Å². The molecule has 0 spiro atoms. The number of rotatable bonds is 4. The molecule has 0 saturated heterocycles. The van der Waals surface area contributed by atoms with Gasteiger partial charge < -0.3 is 10.0 Å². The molecule has 0 aliphatic heterocycles. The zero-order chi connectivity index (χ0) is 13.0. The van der Waals surface area contributed by atoms with Gasteiger partial charge in [0.25, 0.3) is 0 Å². The normalized spacial score (nSPS) is 10.1. The minimum atomic E-state index is -0.900. The van der Waals surface area contributed by atoms with Crippen LogP contribution in [0.5, 0.6) is 0 Å². The molecule has 0 saturated carbocycles. The molecule has 1 rings (SSSR count).